The van der Waals surface area contributed by atoms with Crippen LogP contribution in [0.25, 0.3) is 0 Å². The quantitative estimate of drug-likeness (QED) is 0.664. The van der Waals surface area contributed by atoms with Crippen molar-refractivity contribution in [3.8, 4) is 0 Å². The lowest BCUT2D eigenvalue weighted by atomic mass is 9.71. The molecule has 0 atom stereocenters. The standard InChI is InChI=1S/C11H21NO/c1-8(13)12-9-6-10(2,3)11(4,5)7-9/h9H,6-7H2,1-5H3,(H,12,13). The van der Waals surface area contributed by atoms with Gasteiger partial charge in [0.15, 0.2) is 0 Å². The Balaban J connectivity index is 2.65. The molecule has 0 aliphatic heterocycles. The van der Waals surface area contributed by atoms with Crippen molar-refractivity contribution in [2.75, 3.05) is 0 Å². The summed E-state index contributed by atoms with van der Waals surface area (Å²) in [7, 11) is 0. The van der Waals surface area contributed by atoms with Crippen LogP contribution in [0.2, 0.25) is 0 Å². The molecule has 1 rings (SSSR count). The zero-order valence-electron chi connectivity index (χ0n) is 9.40. The molecule has 2 nitrogen and oxygen atoms in total. The molecule has 13 heavy (non-hydrogen) atoms. The van der Waals surface area contributed by atoms with Gasteiger partial charge in [-0.1, -0.05) is 27.7 Å². The lowest BCUT2D eigenvalue weighted by molar-refractivity contribution is -0.119. The fourth-order valence-electron chi connectivity index (χ4n) is 2.25. The van der Waals surface area contributed by atoms with Crippen molar-refractivity contribution in [3.05, 3.63) is 0 Å². The van der Waals surface area contributed by atoms with Crippen molar-refractivity contribution in [1.82, 2.24) is 5.32 Å². The molecule has 0 heterocycles. The molecule has 0 aromatic carbocycles. The molecule has 1 N–H and O–H groups in total. The van der Waals surface area contributed by atoms with Gasteiger partial charge in [-0.05, 0) is 23.7 Å². The van der Waals surface area contributed by atoms with Gasteiger partial charge in [0.2, 0.25) is 5.91 Å². The number of nitrogens with one attached hydrogen (secondary N) is 1. The van der Waals surface area contributed by atoms with Crippen LogP contribution in [0.3, 0.4) is 0 Å². The first-order valence-electron chi connectivity index (χ1n) is 5.02. The van der Waals surface area contributed by atoms with E-state index in [-0.39, 0.29) is 5.91 Å². The van der Waals surface area contributed by atoms with Crippen LogP contribution in [-0.4, -0.2) is 11.9 Å². The third kappa shape index (κ3) is 2.04. The highest BCUT2D eigenvalue weighted by Gasteiger charge is 2.46. The normalized spacial score (nSPS) is 25.9. The van der Waals surface area contributed by atoms with Gasteiger partial charge in [-0.2, -0.15) is 0 Å². The summed E-state index contributed by atoms with van der Waals surface area (Å²) in [4.78, 5) is 10.9. The number of carbonyl (C=O) groups excluding carboxylic acids is 1. The first-order valence-corrected chi connectivity index (χ1v) is 5.02. The van der Waals surface area contributed by atoms with Crippen LogP contribution in [0.4, 0.5) is 0 Å². The summed E-state index contributed by atoms with van der Waals surface area (Å²) in [6, 6.07) is 0.377. The summed E-state index contributed by atoms with van der Waals surface area (Å²) >= 11 is 0. The molecule has 1 aliphatic carbocycles. The van der Waals surface area contributed by atoms with Gasteiger partial charge < -0.3 is 5.32 Å². The molecule has 2 heteroatoms. The third-order valence-electron chi connectivity index (χ3n) is 3.75. The van der Waals surface area contributed by atoms with Gasteiger partial charge in [0, 0.05) is 13.0 Å². The fourth-order valence-corrected chi connectivity index (χ4v) is 2.25. The van der Waals surface area contributed by atoms with Crippen LogP contribution in [0, 0.1) is 10.8 Å². The van der Waals surface area contributed by atoms with Crippen LogP contribution in [-0.2, 0) is 4.79 Å². The molecule has 0 saturated heterocycles. The summed E-state index contributed by atoms with van der Waals surface area (Å²) in [5.74, 6) is 0.0958. The van der Waals surface area contributed by atoms with Crippen LogP contribution in [0.15, 0.2) is 0 Å². The van der Waals surface area contributed by atoms with E-state index in [1.54, 1.807) is 6.92 Å². The third-order valence-corrected chi connectivity index (χ3v) is 3.75. The van der Waals surface area contributed by atoms with E-state index in [0.717, 1.165) is 12.8 Å². The smallest absolute Gasteiger partial charge is 0.217 e. The predicted octanol–water partition coefficient (Wildman–Crippen LogP) is 2.34. The van der Waals surface area contributed by atoms with Crippen molar-refractivity contribution < 1.29 is 4.79 Å². The average Bonchev–Trinajstić information content (AvgIpc) is 1.98. The molecule has 76 valence electrons. The predicted molar refractivity (Wildman–Crippen MR) is 54.4 cm³/mol. The first-order chi connectivity index (χ1) is 5.74. The number of carbonyl (C=O) groups is 1. The molecule has 0 bridgehead atoms. The van der Waals surface area contributed by atoms with Gasteiger partial charge in [0.25, 0.3) is 0 Å². The minimum atomic E-state index is 0.0958. The molecule has 0 unspecified atom stereocenters. The summed E-state index contributed by atoms with van der Waals surface area (Å²) in [5.41, 5.74) is 0.667. The maximum Gasteiger partial charge on any atom is 0.217 e. The van der Waals surface area contributed by atoms with Crippen LogP contribution in [0.1, 0.15) is 47.5 Å². The molecule has 0 spiro atoms. The van der Waals surface area contributed by atoms with Gasteiger partial charge in [0.1, 0.15) is 0 Å². The van der Waals surface area contributed by atoms with Crippen LogP contribution < -0.4 is 5.32 Å². The van der Waals surface area contributed by atoms with Gasteiger partial charge in [-0.3, -0.25) is 4.79 Å². The average molecular weight is 183 g/mol. The van der Waals surface area contributed by atoms with E-state index in [0.29, 0.717) is 16.9 Å². The number of rotatable bonds is 1. The molecule has 1 aliphatic rings. The minimum absolute atomic E-state index is 0.0958. The van der Waals surface area contributed by atoms with E-state index < -0.39 is 0 Å². The highest BCUT2D eigenvalue weighted by molar-refractivity contribution is 5.73. The lowest BCUT2D eigenvalue weighted by Gasteiger charge is -2.34. The molecular weight excluding hydrogens is 162 g/mol. The highest BCUT2D eigenvalue weighted by atomic mass is 16.1. The van der Waals surface area contributed by atoms with Crippen molar-refractivity contribution >= 4 is 5.91 Å². The van der Waals surface area contributed by atoms with E-state index in [4.69, 9.17) is 0 Å². The largest absolute Gasteiger partial charge is 0.354 e. The molecule has 0 radical (unpaired) electrons. The zero-order valence-corrected chi connectivity index (χ0v) is 9.40. The van der Waals surface area contributed by atoms with E-state index in [1.165, 1.54) is 0 Å². The summed E-state index contributed by atoms with van der Waals surface area (Å²) < 4.78 is 0. The Hall–Kier alpha value is -0.530. The van der Waals surface area contributed by atoms with E-state index in [1.807, 2.05) is 0 Å². The molecule has 1 saturated carbocycles. The monoisotopic (exact) mass is 183 g/mol. The molecule has 0 aromatic heterocycles. The Morgan fingerprint density at radius 3 is 1.85 bits per heavy atom. The van der Waals surface area contributed by atoms with Crippen molar-refractivity contribution in [2.24, 2.45) is 10.8 Å². The van der Waals surface area contributed by atoms with Crippen LogP contribution >= 0.6 is 0 Å². The highest BCUT2D eigenvalue weighted by Crippen LogP contribution is 2.51. The zero-order chi connectivity index (χ0) is 10.3. The molecular formula is C11H21NO. The van der Waals surface area contributed by atoms with Gasteiger partial charge in [-0.25, -0.2) is 0 Å². The Bertz CT molecular complexity index is 202. The maximum atomic E-state index is 10.9. The Morgan fingerprint density at radius 2 is 1.54 bits per heavy atom. The van der Waals surface area contributed by atoms with Crippen molar-refractivity contribution in [3.63, 3.8) is 0 Å². The molecule has 1 amide bonds. The van der Waals surface area contributed by atoms with Crippen LogP contribution in [0.5, 0.6) is 0 Å². The number of hydrogen-bond acceptors (Lipinski definition) is 1. The summed E-state index contributed by atoms with van der Waals surface area (Å²) in [5, 5.41) is 3.01. The Kier molecular flexibility index (Phi) is 2.44. The first kappa shape index (κ1) is 10.6. The van der Waals surface area contributed by atoms with Crippen molar-refractivity contribution in [1.29, 1.82) is 0 Å². The van der Waals surface area contributed by atoms with Gasteiger partial charge >= 0.3 is 0 Å². The maximum absolute atomic E-state index is 10.9. The second kappa shape index (κ2) is 3.00. The van der Waals surface area contributed by atoms with E-state index in [2.05, 4.69) is 33.0 Å². The molecule has 0 aromatic rings. The van der Waals surface area contributed by atoms with Gasteiger partial charge in [-0.15, -0.1) is 0 Å². The Morgan fingerprint density at radius 1 is 1.15 bits per heavy atom. The number of amides is 1. The summed E-state index contributed by atoms with van der Waals surface area (Å²) in [6.07, 6.45) is 2.19. The minimum Gasteiger partial charge on any atom is -0.354 e. The Labute approximate surface area is 81.1 Å². The number of hydrogen-bond donors (Lipinski definition) is 1. The van der Waals surface area contributed by atoms with Crippen molar-refractivity contribution in [2.45, 2.75) is 53.5 Å². The van der Waals surface area contributed by atoms with E-state index >= 15 is 0 Å². The van der Waals surface area contributed by atoms with Gasteiger partial charge in [0.05, 0.1) is 0 Å². The second-order valence-corrected chi connectivity index (χ2v) is 5.57. The SMILES string of the molecule is CC(=O)NC1CC(C)(C)C(C)(C)C1. The second-order valence-electron chi connectivity index (χ2n) is 5.57. The van der Waals surface area contributed by atoms with E-state index in [9.17, 15) is 4.79 Å². The summed E-state index contributed by atoms with van der Waals surface area (Å²) in [6.45, 7) is 10.7. The lowest BCUT2D eigenvalue weighted by Crippen LogP contribution is -2.31. The fraction of sp³-hybridized carbons (Fsp3) is 0.909. The molecule has 1 fully saturated rings. The topological polar surface area (TPSA) is 29.1 Å².